The topological polar surface area (TPSA) is 55.1 Å². The Labute approximate surface area is 104 Å². The lowest BCUT2D eigenvalue weighted by molar-refractivity contribution is 0.0952. The Morgan fingerprint density at radius 2 is 2.12 bits per heavy atom. The minimum atomic E-state index is -0.131. The Bertz CT molecular complexity index is 534. The van der Waals surface area contributed by atoms with E-state index in [1.807, 2.05) is 18.4 Å². The van der Waals surface area contributed by atoms with Gasteiger partial charge in [0.25, 0.3) is 5.91 Å². The summed E-state index contributed by atoms with van der Waals surface area (Å²) in [7, 11) is 0. The average Bonchev–Trinajstić information content (AvgIpc) is 2.72. The number of benzene rings is 1. The minimum Gasteiger partial charge on any atom is -0.398 e. The zero-order valence-corrected chi connectivity index (χ0v) is 10.4. The number of amides is 1. The number of hydrogen-bond donors (Lipinski definition) is 2. The number of nitrogens with two attached hydrogens (primary N) is 1. The van der Waals surface area contributed by atoms with E-state index in [0.717, 1.165) is 5.56 Å². The molecule has 2 rings (SSSR count). The van der Waals surface area contributed by atoms with Gasteiger partial charge in [-0.25, -0.2) is 0 Å². The molecule has 17 heavy (non-hydrogen) atoms. The number of nitrogen functional groups attached to an aromatic ring is 1. The highest BCUT2D eigenvalue weighted by atomic mass is 32.1. The van der Waals surface area contributed by atoms with E-state index >= 15 is 0 Å². The van der Waals surface area contributed by atoms with Crippen molar-refractivity contribution in [3.8, 4) is 0 Å². The van der Waals surface area contributed by atoms with Gasteiger partial charge in [-0.15, -0.1) is 0 Å². The lowest BCUT2D eigenvalue weighted by Gasteiger charge is -2.07. The van der Waals surface area contributed by atoms with E-state index in [1.165, 1.54) is 5.56 Å². The number of rotatable bonds is 3. The molecule has 0 bridgehead atoms. The van der Waals surface area contributed by atoms with Crippen LogP contribution in [-0.2, 0) is 6.54 Å². The molecule has 1 aromatic carbocycles. The maximum absolute atomic E-state index is 11.9. The van der Waals surface area contributed by atoms with E-state index in [9.17, 15) is 4.79 Å². The van der Waals surface area contributed by atoms with Crippen LogP contribution in [0.4, 0.5) is 5.69 Å². The van der Waals surface area contributed by atoms with Crippen LogP contribution in [0.2, 0.25) is 0 Å². The molecule has 0 saturated carbocycles. The second kappa shape index (κ2) is 5.01. The molecule has 0 radical (unpaired) electrons. The molecule has 0 unspecified atom stereocenters. The molecule has 3 N–H and O–H groups in total. The fraction of sp³-hybridized carbons (Fsp3) is 0.154. The van der Waals surface area contributed by atoms with E-state index < -0.39 is 0 Å². The van der Waals surface area contributed by atoms with Crippen molar-refractivity contribution in [2.75, 3.05) is 5.73 Å². The van der Waals surface area contributed by atoms with Gasteiger partial charge in [-0.3, -0.25) is 4.79 Å². The Balaban J connectivity index is 2.04. The van der Waals surface area contributed by atoms with E-state index in [-0.39, 0.29) is 5.91 Å². The zero-order valence-electron chi connectivity index (χ0n) is 9.57. The van der Waals surface area contributed by atoms with Crippen LogP contribution in [0, 0.1) is 6.92 Å². The number of para-hydroxylation sites is 1. The van der Waals surface area contributed by atoms with E-state index in [4.69, 9.17) is 5.73 Å². The highest BCUT2D eigenvalue weighted by Crippen LogP contribution is 2.14. The molecule has 0 aliphatic heterocycles. The second-order valence-corrected chi connectivity index (χ2v) is 4.59. The molecule has 2 aromatic rings. The number of hydrogen-bond acceptors (Lipinski definition) is 3. The van der Waals surface area contributed by atoms with Crippen molar-refractivity contribution in [1.29, 1.82) is 0 Å². The largest absolute Gasteiger partial charge is 0.398 e. The van der Waals surface area contributed by atoms with Gasteiger partial charge in [-0.05, 0) is 40.9 Å². The minimum absolute atomic E-state index is 0.131. The van der Waals surface area contributed by atoms with Gasteiger partial charge in [0.1, 0.15) is 0 Å². The fourth-order valence-corrected chi connectivity index (χ4v) is 2.40. The fourth-order valence-electron chi connectivity index (χ4n) is 1.54. The van der Waals surface area contributed by atoms with Crippen LogP contribution in [0.15, 0.2) is 35.0 Å². The summed E-state index contributed by atoms with van der Waals surface area (Å²) >= 11 is 1.64. The molecular weight excluding hydrogens is 232 g/mol. The highest BCUT2D eigenvalue weighted by molar-refractivity contribution is 7.08. The maximum atomic E-state index is 11.9. The summed E-state index contributed by atoms with van der Waals surface area (Å²) in [5.41, 5.74) is 9.13. The first-order valence-corrected chi connectivity index (χ1v) is 6.27. The van der Waals surface area contributed by atoms with E-state index in [2.05, 4.69) is 10.7 Å². The third-order valence-electron chi connectivity index (χ3n) is 2.61. The molecule has 0 fully saturated rings. The van der Waals surface area contributed by atoms with Crippen LogP contribution >= 0.6 is 11.3 Å². The van der Waals surface area contributed by atoms with Crippen LogP contribution in [0.3, 0.4) is 0 Å². The van der Waals surface area contributed by atoms with Crippen LogP contribution in [0.25, 0.3) is 0 Å². The van der Waals surface area contributed by atoms with Gasteiger partial charge in [0.15, 0.2) is 0 Å². The molecule has 0 spiro atoms. The Morgan fingerprint density at radius 1 is 1.35 bits per heavy atom. The van der Waals surface area contributed by atoms with Crippen LogP contribution in [0.1, 0.15) is 21.5 Å². The summed E-state index contributed by atoms with van der Waals surface area (Å²) in [5, 5.41) is 6.98. The zero-order chi connectivity index (χ0) is 12.3. The average molecular weight is 246 g/mol. The lowest BCUT2D eigenvalue weighted by Crippen LogP contribution is -2.23. The molecule has 0 atom stereocenters. The van der Waals surface area contributed by atoms with Gasteiger partial charge in [-0.1, -0.05) is 12.1 Å². The summed E-state index contributed by atoms with van der Waals surface area (Å²) in [4.78, 5) is 11.9. The van der Waals surface area contributed by atoms with Crippen LogP contribution in [0.5, 0.6) is 0 Å². The van der Waals surface area contributed by atoms with Crippen molar-refractivity contribution in [3.05, 3.63) is 51.7 Å². The number of anilines is 1. The summed E-state index contributed by atoms with van der Waals surface area (Å²) in [6.45, 7) is 2.58. The van der Waals surface area contributed by atoms with E-state index in [0.29, 0.717) is 17.8 Å². The number of carbonyl (C=O) groups is 1. The van der Waals surface area contributed by atoms with E-state index in [1.54, 1.807) is 29.5 Å². The second-order valence-electron chi connectivity index (χ2n) is 3.85. The first-order valence-electron chi connectivity index (χ1n) is 5.33. The smallest absolute Gasteiger partial charge is 0.253 e. The van der Waals surface area contributed by atoms with Crippen molar-refractivity contribution >= 4 is 22.9 Å². The molecule has 1 heterocycles. The SMILES string of the molecule is Cc1cscc1CNC(=O)c1ccccc1N. The first kappa shape index (κ1) is 11.7. The molecule has 1 aromatic heterocycles. The highest BCUT2D eigenvalue weighted by Gasteiger charge is 2.08. The quantitative estimate of drug-likeness (QED) is 0.818. The Morgan fingerprint density at radius 3 is 2.76 bits per heavy atom. The summed E-state index contributed by atoms with van der Waals surface area (Å²) in [6, 6.07) is 7.08. The maximum Gasteiger partial charge on any atom is 0.253 e. The number of carbonyl (C=O) groups excluding carboxylic acids is 1. The molecule has 88 valence electrons. The van der Waals surface area contributed by atoms with Gasteiger partial charge < -0.3 is 11.1 Å². The summed E-state index contributed by atoms with van der Waals surface area (Å²) in [6.07, 6.45) is 0. The Hall–Kier alpha value is -1.81. The standard InChI is InChI=1S/C13H14N2OS/c1-9-7-17-8-10(9)6-15-13(16)11-4-2-3-5-12(11)14/h2-5,7-8H,6,14H2,1H3,(H,15,16). The molecular formula is C13H14N2OS. The van der Waals surface area contributed by atoms with Gasteiger partial charge in [0, 0.05) is 12.2 Å². The van der Waals surface area contributed by atoms with Crippen LogP contribution < -0.4 is 11.1 Å². The third kappa shape index (κ3) is 2.65. The molecule has 0 aliphatic carbocycles. The number of thiophene rings is 1. The predicted octanol–water partition coefficient (Wildman–Crippen LogP) is 2.57. The van der Waals surface area contributed by atoms with Gasteiger partial charge >= 0.3 is 0 Å². The van der Waals surface area contributed by atoms with Crippen molar-refractivity contribution in [1.82, 2.24) is 5.32 Å². The Kier molecular flexibility index (Phi) is 3.44. The third-order valence-corrected chi connectivity index (χ3v) is 3.52. The van der Waals surface area contributed by atoms with Crippen molar-refractivity contribution in [2.24, 2.45) is 0 Å². The van der Waals surface area contributed by atoms with Gasteiger partial charge in [0.05, 0.1) is 5.56 Å². The summed E-state index contributed by atoms with van der Waals surface area (Å²) < 4.78 is 0. The molecule has 0 aliphatic rings. The van der Waals surface area contributed by atoms with Crippen molar-refractivity contribution in [2.45, 2.75) is 13.5 Å². The molecule has 3 nitrogen and oxygen atoms in total. The van der Waals surface area contributed by atoms with Gasteiger partial charge in [-0.2, -0.15) is 11.3 Å². The van der Waals surface area contributed by atoms with Crippen LogP contribution in [-0.4, -0.2) is 5.91 Å². The molecule has 0 saturated heterocycles. The van der Waals surface area contributed by atoms with Crippen molar-refractivity contribution in [3.63, 3.8) is 0 Å². The summed E-state index contributed by atoms with van der Waals surface area (Å²) in [5.74, 6) is -0.131. The number of nitrogens with one attached hydrogen (secondary N) is 1. The van der Waals surface area contributed by atoms with Gasteiger partial charge in [0.2, 0.25) is 0 Å². The predicted molar refractivity (Wildman–Crippen MR) is 71.1 cm³/mol. The number of aryl methyl sites for hydroxylation is 1. The first-order chi connectivity index (χ1) is 8.18. The molecule has 1 amide bonds. The van der Waals surface area contributed by atoms with Crippen molar-refractivity contribution < 1.29 is 4.79 Å². The monoisotopic (exact) mass is 246 g/mol. The normalized spacial score (nSPS) is 10.2. The molecule has 4 heteroatoms. The lowest BCUT2D eigenvalue weighted by atomic mass is 10.1.